The molecule has 1 atom stereocenters. The summed E-state index contributed by atoms with van der Waals surface area (Å²) in [4.78, 5) is 4.81. The molecule has 7 nitrogen and oxygen atoms in total. The minimum atomic E-state index is -0.443. The van der Waals surface area contributed by atoms with Crippen LogP contribution in [-0.4, -0.2) is 44.9 Å². The lowest BCUT2D eigenvalue weighted by Crippen LogP contribution is -2.27. The number of methoxy groups -OCH3 is 1. The van der Waals surface area contributed by atoms with Gasteiger partial charge < -0.3 is 14.0 Å². The Hall–Kier alpha value is -3.49. The summed E-state index contributed by atoms with van der Waals surface area (Å²) in [7, 11) is 3.36. The van der Waals surface area contributed by atoms with E-state index in [0.717, 1.165) is 34.9 Å². The Morgan fingerprint density at radius 2 is 1.92 bits per heavy atom. The van der Waals surface area contributed by atoms with Crippen molar-refractivity contribution in [1.29, 1.82) is 0 Å². The summed E-state index contributed by atoms with van der Waals surface area (Å²) >= 11 is 6.33. The molecule has 0 spiro atoms. The Morgan fingerprint density at radius 3 is 2.67 bits per heavy atom. The van der Waals surface area contributed by atoms with Crippen molar-refractivity contribution in [3.8, 4) is 17.1 Å². The molecule has 3 aromatic heterocycles. The van der Waals surface area contributed by atoms with Crippen molar-refractivity contribution in [2.75, 3.05) is 20.3 Å². The average molecular weight is 506 g/mol. The number of pyridine rings is 1. The summed E-state index contributed by atoms with van der Waals surface area (Å²) in [6, 6.07) is 15.6. The lowest BCUT2D eigenvalue weighted by atomic mass is 9.86. The highest BCUT2D eigenvalue weighted by Crippen LogP contribution is 2.43. The number of rotatable bonds is 5. The summed E-state index contributed by atoms with van der Waals surface area (Å²) in [6.45, 7) is 1.35. The van der Waals surface area contributed by atoms with E-state index in [1.165, 1.54) is 0 Å². The molecule has 6 rings (SSSR count). The standard InChI is InChI=1S/C27H25ClFN5O2/c1-33-25(27(35-2)31-32-33)18-14-21-23(30-15-18)19-8-9-20(28)22(29)26(19)34(21)24(16-6-4-3-5-7-16)17-10-12-36-13-11-17/h3-9,14-15,17,24H,10-13H2,1-2H3/t24-/m1/s1. The zero-order valence-electron chi connectivity index (χ0n) is 20.0. The van der Waals surface area contributed by atoms with Crippen molar-refractivity contribution in [2.45, 2.75) is 18.9 Å². The number of aryl methyl sites for hydroxylation is 1. The molecule has 1 aliphatic heterocycles. The number of benzene rings is 2. The number of hydrogen-bond acceptors (Lipinski definition) is 5. The molecule has 184 valence electrons. The van der Waals surface area contributed by atoms with Crippen LogP contribution in [0.25, 0.3) is 33.2 Å². The fourth-order valence-electron chi connectivity index (χ4n) is 5.45. The highest BCUT2D eigenvalue weighted by atomic mass is 35.5. The maximum absolute atomic E-state index is 15.8. The molecule has 1 fully saturated rings. The van der Waals surface area contributed by atoms with Gasteiger partial charge in [0.2, 0.25) is 0 Å². The third-order valence-electron chi connectivity index (χ3n) is 7.09. The maximum atomic E-state index is 15.8. The van der Waals surface area contributed by atoms with Gasteiger partial charge in [0.1, 0.15) is 5.69 Å². The van der Waals surface area contributed by atoms with E-state index < -0.39 is 5.82 Å². The van der Waals surface area contributed by atoms with Gasteiger partial charge in [0.15, 0.2) is 5.82 Å². The van der Waals surface area contributed by atoms with Crippen LogP contribution in [0.4, 0.5) is 4.39 Å². The van der Waals surface area contributed by atoms with E-state index in [2.05, 4.69) is 27.0 Å². The monoisotopic (exact) mass is 505 g/mol. The van der Waals surface area contributed by atoms with Crippen LogP contribution in [0.5, 0.6) is 5.88 Å². The van der Waals surface area contributed by atoms with Gasteiger partial charge in [-0.3, -0.25) is 4.98 Å². The molecule has 1 saturated heterocycles. The first-order valence-corrected chi connectivity index (χ1v) is 12.3. The summed E-state index contributed by atoms with van der Waals surface area (Å²) in [5.74, 6) is 0.205. The molecule has 0 aliphatic carbocycles. The van der Waals surface area contributed by atoms with Crippen molar-refractivity contribution in [1.82, 2.24) is 24.5 Å². The van der Waals surface area contributed by atoms with Crippen LogP contribution in [0.2, 0.25) is 5.02 Å². The number of fused-ring (bicyclic) bond motifs is 3. The Balaban J connectivity index is 1.70. The summed E-state index contributed by atoms with van der Waals surface area (Å²) in [6.07, 6.45) is 3.50. The van der Waals surface area contributed by atoms with Crippen LogP contribution in [0, 0.1) is 11.7 Å². The van der Waals surface area contributed by atoms with E-state index in [1.54, 1.807) is 31.1 Å². The van der Waals surface area contributed by atoms with Crippen LogP contribution in [0.1, 0.15) is 24.4 Å². The first kappa shape index (κ1) is 22.9. The van der Waals surface area contributed by atoms with E-state index in [4.69, 9.17) is 26.1 Å². The second kappa shape index (κ2) is 9.19. The van der Waals surface area contributed by atoms with Crippen molar-refractivity contribution < 1.29 is 13.9 Å². The Morgan fingerprint density at radius 1 is 1.14 bits per heavy atom. The molecule has 4 heterocycles. The summed E-state index contributed by atoms with van der Waals surface area (Å²) < 4.78 is 30.7. The fourth-order valence-corrected chi connectivity index (χ4v) is 5.60. The van der Waals surface area contributed by atoms with Crippen LogP contribution in [0.15, 0.2) is 54.7 Å². The molecular weight excluding hydrogens is 481 g/mol. The largest absolute Gasteiger partial charge is 0.478 e. The Labute approximate surface area is 212 Å². The van der Waals surface area contributed by atoms with E-state index in [0.29, 0.717) is 35.8 Å². The SMILES string of the molecule is COc1nnn(C)c1-c1cnc2c3ccc(Cl)c(F)c3n([C@H](c3ccccc3)C3CCOCC3)c2c1. The molecule has 1 aliphatic rings. The molecule has 0 amide bonds. The van der Waals surface area contributed by atoms with E-state index in [9.17, 15) is 0 Å². The predicted molar refractivity (Wildman–Crippen MR) is 137 cm³/mol. The van der Waals surface area contributed by atoms with Gasteiger partial charge in [-0.2, -0.15) is 0 Å². The van der Waals surface area contributed by atoms with Gasteiger partial charge in [-0.15, -0.1) is 0 Å². The second-order valence-electron chi connectivity index (χ2n) is 9.10. The normalized spacial score (nSPS) is 15.6. The van der Waals surface area contributed by atoms with Crippen LogP contribution in [0.3, 0.4) is 0 Å². The zero-order chi connectivity index (χ0) is 24.8. The second-order valence-corrected chi connectivity index (χ2v) is 9.50. The predicted octanol–water partition coefficient (Wildman–Crippen LogP) is 5.80. The number of aromatic nitrogens is 5. The molecule has 36 heavy (non-hydrogen) atoms. The van der Waals surface area contributed by atoms with E-state index in [1.807, 2.05) is 30.3 Å². The maximum Gasteiger partial charge on any atom is 0.261 e. The molecular formula is C27H25ClFN5O2. The molecule has 0 saturated carbocycles. The van der Waals surface area contributed by atoms with E-state index >= 15 is 4.39 Å². The number of ether oxygens (including phenoxy) is 2. The first-order chi connectivity index (χ1) is 17.6. The van der Waals surface area contributed by atoms with Crippen molar-refractivity contribution >= 4 is 33.5 Å². The smallest absolute Gasteiger partial charge is 0.261 e. The molecule has 0 unspecified atom stereocenters. The van der Waals surface area contributed by atoms with Gasteiger partial charge in [0.25, 0.3) is 5.88 Å². The zero-order valence-corrected chi connectivity index (χ0v) is 20.7. The van der Waals surface area contributed by atoms with Crippen molar-refractivity contribution in [3.05, 3.63) is 71.1 Å². The summed E-state index contributed by atoms with van der Waals surface area (Å²) in [5.41, 5.74) is 4.56. The van der Waals surface area contributed by atoms with Crippen molar-refractivity contribution in [2.24, 2.45) is 13.0 Å². The number of hydrogen-bond donors (Lipinski definition) is 0. The fraction of sp³-hybridized carbons (Fsp3) is 0.296. The van der Waals surface area contributed by atoms with Crippen LogP contribution < -0.4 is 4.74 Å². The van der Waals surface area contributed by atoms with E-state index in [-0.39, 0.29) is 17.0 Å². The quantitative estimate of drug-likeness (QED) is 0.302. The first-order valence-electron chi connectivity index (χ1n) is 11.9. The van der Waals surface area contributed by atoms with Crippen LogP contribution in [-0.2, 0) is 11.8 Å². The topological polar surface area (TPSA) is 67.0 Å². The minimum absolute atomic E-state index is 0.0862. The van der Waals surface area contributed by atoms with Gasteiger partial charge in [0, 0.05) is 37.4 Å². The number of halogens is 2. The molecule has 0 N–H and O–H groups in total. The van der Waals surface area contributed by atoms with Crippen LogP contribution >= 0.6 is 11.6 Å². The molecule has 0 radical (unpaired) electrons. The molecule has 9 heteroatoms. The summed E-state index contributed by atoms with van der Waals surface area (Å²) in [5, 5.41) is 9.02. The number of nitrogens with zero attached hydrogens (tertiary/aromatic N) is 5. The Kier molecular flexibility index (Phi) is 5.85. The molecule has 2 aromatic carbocycles. The molecule has 0 bridgehead atoms. The average Bonchev–Trinajstić information content (AvgIpc) is 3.45. The lowest BCUT2D eigenvalue weighted by Gasteiger charge is -2.33. The highest BCUT2D eigenvalue weighted by Gasteiger charge is 2.31. The lowest BCUT2D eigenvalue weighted by molar-refractivity contribution is 0.0552. The van der Waals surface area contributed by atoms with Gasteiger partial charge in [-0.1, -0.05) is 52.2 Å². The van der Waals surface area contributed by atoms with Crippen molar-refractivity contribution in [3.63, 3.8) is 0 Å². The third-order valence-corrected chi connectivity index (χ3v) is 7.38. The minimum Gasteiger partial charge on any atom is -0.478 e. The van der Waals surface area contributed by atoms with Gasteiger partial charge in [-0.05, 0) is 42.5 Å². The van der Waals surface area contributed by atoms with Gasteiger partial charge in [-0.25, -0.2) is 9.07 Å². The molecule has 5 aromatic rings. The van der Waals surface area contributed by atoms with Gasteiger partial charge >= 0.3 is 0 Å². The van der Waals surface area contributed by atoms with Gasteiger partial charge in [0.05, 0.1) is 34.7 Å². The highest BCUT2D eigenvalue weighted by molar-refractivity contribution is 6.31. The third kappa shape index (κ3) is 3.63. The Bertz CT molecular complexity index is 1560.